The fourth-order valence-electron chi connectivity index (χ4n) is 1.91. The van der Waals surface area contributed by atoms with Gasteiger partial charge in [0.25, 0.3) is 0 Å². The van der Waals surface area contributed by atoms with Gasteiger partial charge in [-0.25, -0.2) is 0 Å². The lowest BCUT2D eigenvalue weighted by molar-refractivity contribution is -0.146. The number of esters is 1. The van der Waals surface area contributed by atoms with Crippen LogP contribution in [0.1, 0.15) is 26.7 Å². The SMILES string of the molecule is COC(=O)C(NC(C)C)C1CCCOC1. The Bertz CT molecular complexity index is 200. The zero-order valence-corrected chi connectivity index (χ0v) is 9.79. The van der Waals surface area contributed by atoms with Crippen LogP contribution in [0.4, 0.5) is 0 Å². The number of ether oxygens (including phenoxy) is 2. The molecule has 1 aliphatic heterocycles. The Morgan fingerprint density at radius 1 is 1.53 bits per heavy atom. The Kier molecular flexibility index (Phi) is 5.05. The number of hydrogen-bond acceptors (Lipinski definition) is 4. The number of carbonyl (C=O) groups is 1. The van der Waals surface area contributed by atoms with Gasteiger partial charge in [-0.1, -0.05) is 13.8 Å². The zero-order chi connectivity index (χ0) is 11.3. The van der Waals surface area contributed by atoms with Crippen LogP contribution in [-0.4, -0.2) is 38.4 Å². The van der Waals surface area contributed by atoms with E-state index in [2.05, 4.69) is 5.32 Å². The number of rotatable bonds is 4. The first kappa shape index (κ1) is 12.5. The van der Waals surface area contributed by atoms with Gasteiger partial charge in [-0.05, 0) is 12.8 Å². The molecule has 0 radical (unpaired) electrons. The van der Waals surface area contributed by atoms with Gasteiger partial charge in [0.15, 0.2) is 0 Å². The molecule has 0 spiro atoms. The number of carbonyl (C=O) groups excluding carboxylic acids is 1. The van der Waals surface area contributed by atoms with E-state index in [9.17, 15) is 4.79 Å². The Balaban J connectivity index is 2.57. The molecule has 1 rings (SSSR count). The maximum absolute atomic E-state index is 11.6. The van der Waals surface area contributed by atoms with Crippen LogP contribution < -0.4 is 5.32 Å². The number of methoxy groups -OCH3 is 1. The second-order valence-electron chi connectivity index (χ2n) is 4.30. The van der Waals surface area contributed by atoms with Crippen molar-refractivity contribution >= 4 is 5.97 Å². The molecule has 2 atom stereocenters. The third-order valence-corrected chi connectivity index (χ3v) is 2.63. The van der Waals surface area contributed by atoms with E-state index in [1.807, 2.05) is 13.8 Å². The zero-order valence-electron chi connectivity index (χ0n) is 9.79. The first-order valence-corrected chi connectivity index (χ1v) is 5.56. The van der Waals surface area contributed by atoms with E-state index in [0.717, 1.165) is 19.4 Å². The molecule has 0 aromatic carbocycles. The molecule has 0 amide bonds. The molecular formula is C11H21NO3. The van der Waals surface area contributed by atoms with E-state index in [4.69, 9.17) is 9.47 Å². The second kappa shape index (κ2) is 6.08. The second-order valence-corrected chi connectivity index (χ2v) is 4.30. The van der Waals surface area contributed by atoms with E-state index in [1.54, 1.807) is 0 Å². The van der Waals surface area contributed by atoms with Crippen molar-refractivity contribution in [2.45, 2.75) is 38.8 Å². The standard InChI is InChI=1S/C11H21NO3/c1-8(2)12-10(11(13)14-3)9-5-4-6-15-7-9/h8-10,12H,4-7H2,1-3H3. The fraction of sp³-hybridized carbons (Fsp3) is 0.909. The van der Waals surface area contributed by atoms with Gasteiger partial charge in [0.05, 0.1) is 13.7 Å². The highest BCUT2D eigenvalue weighted by Gasteiger charge is 2.30. The molecule has 88 valence electrons. The summed E-state index contributed by atoms with van der Waals surface area (Å²) in [5, 5.41) is 3.25. The number of nitrogens with one attached hydrogen (secondary N) is 1. The molecule has 0 bridgehead atoms. The summed E-state index contributed by atoms with van der Waals surface area (Å²) in [6.07, 6.45) is 2.05. The monoisotopic (exact) mass is 215 g/mol. The van der Waals surface area contributed by atoms with Crippen molar-refractivity contribution < 1.29 is 14.3 Å². The van der Waals surface area contributed by atoms with Crippen LogP contribution in [0.15, 0.2) is 0 Å². The lowest BCUT2D eigenvalue weighted by Crippen LogP contribution is -2.49. The largest absolute Gasteiger partial charge is 0.468 e. The summed E-state index contributed by atoms with van der Waals surface area (Å²) in [7, 11) is 1.43. The summed E-state index contributed by atoms with van der Waals surface area (Å²) < 4.78 is 10.2. The van der Waals surface area contributed by atoms with Crippen molar-refractivity contribution in [2.24, 2.45) is 5.92 Å². The van der Waals surface area contributed by atoms with Crippen LogP contribution >= 0.6 is 0 Å². The molecule has 0 saturated carbocycles. The molecule has 0 aromatic rings. The third-order valence-electron chi connectivity index (χ3n) is 2.63. The topological polar surface area (TPSA) is 47.6 Å². The first-order valence-electron chi connectivity index (χ1n) is 5.56. The number of hydrogen-bond donors (Lipinski definition) is 1. The maximum Gasteiger partial charge on any atom is 0.323 e. The normalized spacial score (nSPS) is 23.9. The van der Waals surface area contributed by atoms with Crippen molar-refractivity contribution in [3.05, 3.63) is 0 Å². The van der Waals surface area contributed by atoms with Gasteiger partial charge in [-0.15, -0.1) is 0 Å². The molecule has 4 nitrogen and oxygen atoms in total. The summed E-state index contributed by atoms with van der Waals surface area (Å²) in [5.41, 5.74) is 0. The van der Waals surface area contributed by atoms with Crippen LogP contribution in [0.3, 0.4) is 0 Å². The smallest absolute Gasteiger partial charge is 0.323 e. The van der Waals surface area contributed by atoms with Gasteiger partial charge in [0.1, 0.15) is 6.04 Å². The highest BCUT2D eigenvalue weighted by Crippen LogP contribution is 2.18. The lowest BCUT2D eigenvalue weighted by Gasteiger charge is -2.30. The van der Waals surface area contributed by atoms with Gasteiger partial charge in [0, 0.05) is 18.6 Å². The van der Waals surface area contributed by atoms with Gasteiger partial charge in [0.2, 0.25) is 0 Å². The van der Waals surface area contributed by atoms with E-state index in [0.29, 0.717) is 6.61 Å². The van der Waals surface area contributed by atoms with Crippen LogP contribution in [0.5, 0.6) is 0 Å². The minimum absolute atomic E-state index is 0.181. The van der Waals surface area contributed by atoms with E-state index >= 15 is 0 Å². The van der Waals surface area contributed by atoms with Crippen LogP contribution in [0.25, 0.3) is 0 Å². The molecule has 4 heteroatoms. The van der Waals surface area contributed by atoms with Crippen molar-refractivity contribution in [1.29, 1.82) is 0 Å². The van der Waals surface area contributed by atoms with Crippen molar-refractivity contribution in [2.75, 3.05) is 20.3 Å². The highest BCUT2D eigenvalue weighted by molar-refractivity contribution is 5.76. The van der Waals surface area contributed by atoms with Crippen LogP contribution in [0, 0.1) is 5.92 Å². The summed E-state index contributed by atoms with van der Waals surface area (Å²) in [6, 6.07) is 0.0475. The molecule has 0 aliphatic carbocycles. The molecule has 1 fully saturated rings. The van der Waals surface area contributed by atoms with E-state index in [-0.39, 0.29) is 24.0 Å². The van der Waals surface area contributed by atoms with Crippen LogP contribution in [0.2, 0.25) is 0 Å². The summed E-state index contributed by atoms with van der Waals surface area (Å²) >= 11 is 0. The quantitative estimate of drug-likeness (QED) is 0.709. The molecule has 1 N–H and O–H groups in total. The fourth-order valence-corrected chi connectivity index (χ4v) is 1.91. The Morgan fingerprint density at radius 2 is 2.27 bits per heavy atom. The van der Waals surface area contributed by atoms with Crippen LogP contribution in [-0.2, 0) is 14.3 Å². The predicted octanol–water partition coefficient (Wildman–Crippen LogP) is 0.953. The average Bonchev–Trinajstić information content (AvgIpc) is 2.26. The summed E-state index contributed by atoms with van der Waals surface area (Å²) in [4.78, 5) is 11.6. The van der Waals surface area contributed by atoms with Gasteiger partial charge in [-0.3, -0.25) is 4.79 Å². The molecule has 1 saturated heterocycles. The molecule has 1 heterocycles. The molecule has 15 heavy (non-hydrogen) atoms. The minimum Gasteiger partial charge on any atom is -0.468 e. The van der Waals surface area contributed by atoms with Gasteiger partial charge in [-0.2, -0.15) is 0 Å². The Hall–Kier alpha value is -0.610. The molecular weight excluding hydrogens is 194 g/mol. The Labute approximate surface area is 91.3 Å². The van der Waals surface area contributed by atoms with Crippen molar-refractivity contribution in [3.63, 3.8) is 0 Å². The summed E-state index contributed by atoms with van der Waals surface area (Å²) in [6.45, 7) is 5.52. The molecule has 2 unspecified atom stereocenters. The van der Waals surface area contributed by atoms with Gasteiger partial charge >= 0.3 is 5.97 Å². The highest BCUT2D eigenvalue weighted by atomic mass is 16.5. The summed E-state index contributed by atoms with van der Waals surface area (Å²) in [5.74, 6) is 0.0628. The third kappa shape index (κ3) is 3.80. The average molecular weight is 215 g/mol. The first-order chi connectivity index (χ1) is 7.15. The lowest BCUT2D eigenvalue weighted by atomic mass is 9.93. The van der Waals surface area contributed by atoms with Gasteiger partial charge < -0.3 is 14.8 Å². The Morgan fingerprint density at radius 3 is 2.73 bits per heavy atom. The minimum atomic E-state index is -0.227. The van der Waals surface area contributed by atoms with E-state index in [1.165, 1.54) is 7.11 Å². The van der Waals surface area contributed by atoms with E-state index < -0.39 is 0 Å². The van der Waals surface area contributed by atoms with Crippen molar-refractivity contribution in [3.8, 4) is 0 Å². The van der Waals surface area contributed by atoms with Crippen molar-refractivity contribution in [1.82, 2.24) is 5.32 Å². The predicted molar refractivity (Wildman–Crippen MR) is 57.6 cm³/mol. The maximum atomic E-state index is 11.6. The molecule has 0 aromatic heterocycles. The molecule has 1 aliphatic rings.